The molecule has 2 saturated heterocycles. The summed E-state index contributed by atoms with van der Waals surface area (Å²) in [5.74, 6) is -1.71. The molecule has 1 aromatic rings. The van der Waals surface area contributed by atoms with Gasteiger partial charge in [-0.1, -0.05) is 54.3 Å². The molecular formula is C19H20N2O4S2. The average Bonchev–Trinajstić information content (AvgIpc) is 2.94. The summed E-state index contributed by atoms with van der Waals surface area (Å²) in [6.07, 6.45) is 3.71. The van der Waals surface area contributed by atoms with Gasteiger partial charge in [0.15, 0.2) is 0 Å². The van der Waals surface area contributed by atoms with Gasteiger partial charge >= 0.3 is 5.97 Å². The molecule has 2 aliphatic rings. The minimum absolute atomic E-state index is 0.312. The van der Waals surface area contributed by atoms with E-state index in [1.807, 2.05) is 30.3 Å². The molecule has 142 valence electrons. The standard InChI is InChI=1S/C19H20N2O4S2/c1-12(16(22)20-10-6-5-9-14(20)18(24)25)21-17(23)15(27-19(21)26)11-13-7-3-2-4-8-13/h2-4,7-8,11-12,14H,5-6,9-10H2,1H3,(H,24,25)/b15-11-/t12-,14+/m1/s1. The van der Waals surface area contributed by atoms with Crippen molar-refractivity contribution in [1.29, 1.82) is 0 Å². The first-order chi connectivity index (χ1) is 12.9. The van der Waals surface area contributed by atoms with Crippen molar-refractivity contribution < 1.29 is 19.5 Å². The fourth-order valence-corrected chi connectivity index (χ4v) is 4.74. The van der Waals surface area contributed by atoms with Gasteiger partial charge in [-0.25, -0.2) is 4.79 Å². The van der Waals surface area contributed by atoms with E-state index in [2.05, 4.69) is 0 Å². The van der Waals surface area contributed by atoms with Crippen molar-refractivity contribution in [2.45, 2.75) is 38.3 Å². The van der Waals surface area contributed by atoms with Crippen LogP contribution in [-0.4, -0.2) is 55.6 Å². The SMILES string of the molecule is C[C@H](C(=O)N1CCCC[C@H]1C(=O)O)N1C(=O)/C(=C/c2ccccc2)SC1=S. The van der Waals surface area contributed by atoms with Gasteiger partial charge in [0.1, 0.15) is 16.4 Å². The molecule has 0 bridgehead atoms. The average molecular weight is 405 g/mol. The lowest BCUT2D eigenvalue weighted by atomic mass is 10.0. The lowest BCUT2D eigenvalue weighted by molar-refractivity contribution is -0.154. The number of rotatable bonds is 4. The summed E-state index contributed by atoms with van der Waals surface area (Å²) < 4.78 is 0.312. The zero-order valence-electron chi connectivity index (χ0n) is 14.8. The highest BCUT2D eigenvalue weighted by atomic mass is 32.2. The molecule has 2 aliphatic heterocycles. The molecule has 2 atom stereocenters. The number of hydrogen-bond acceptors (Lipinski definition) is 5. The van der Waals surface area contributed by atoms with Gasteiger partial charge in [0.25, 0.3) is 5.91 Å². The lowest BCUT2D eigenvalue weighted by Gasteiger charge is -2.36. The van der Waals surface area contributed by atoms with Crippen molar-refractivity contribution in [1.82, 2.24) is 9.80 Å². The van der Waals surface area contributed by atoms with E-state index in [0.717, 1.165) is 30.2 Å². The second-order valence-corrected chi connectivity index (χ2v) is 8.20. The van der Waals surface area contributed by atoms with Crippen LogP contribution in [0.1, 0.15) is 31.7 Å². The van der Waals surface area contributed by atoms with E-state index in [9.17, 15) is 19.5 Å². The van der Waals surface area contributed by atoms with Gasteiger partial charge in [-0.15, -0.1) is 0 Å². The second-order valence-electron chi connectivity index (χ2n) is 6.52. The summed E-state index contributed by atoms with van der Waals surface area (Å²) in [5, 5.41) is 9.40. The molecule has 1 N–H and O–H groups in total. The number of thiocarbonyl (C=S) groups is 1. The second kappa shape index (κ2) is 8.22. The highest BCUT2D eigenvalue weighted by Gasteiger charge is 2.42. The van der Waals surface area contributed by atoms with Crippen molar-refractivity contribution in [3.63, 3.8) is 0 Å². The highest BCUT2D eigenvalue weighted by Crippen LogP contribution is 2.34. The van der Waals surface area contributed by atoms with Crippen LogP contribution >= 0.6 is 24.0 Å². The van der Waals surface area contributed by atoms with Crippen LogP contribution in [0.15, 0.2) is 35.2 Å². The fraction of sp³-hybridized carbons (Fsp3) is 0.368. The Morgan fingerprint density at radius 1 is 1.30 bits per heavy atom. The first-order valence-electron chi connectivity index (χ1n) is 8.75. The Kier molecular flexibility index (Phi) is 5.96. The molecule has 0 saturated carbocycles. The van der Waals surface area contributed by atoms with Crippen LogP contribution in [0.3, 0.4) is 0 Å². The van der Waals surface area contributed by atoms with E-state index >= 15 is 0 Å². The predicted molar refractivity (Wildman–Crippen MR) is 108 cm³/mol. The largest absolute Gasteiger partial charge is 0.480 e. The number of piperidine rings is 1. The third-order valence-corrected chi connectivity index (χ3v) is 6.07. The molecule has 0 radical (unpaired) electrons. The van der Waals surface area contributed by atoms with Gasteiger partial charge < -0.3 is 10.0 Å². The molecule has 0 aromatic heterocycles. The van der Waals surface area contributed by atoms with Crippen molar-refractivity contribution in [3.05, 3.63) is 40.8 Å². The predicted octanol–water partition coefficient (Wildman–Crippen LogP) is 2.74. The van der Waals surface area contributed by atoms with Gasteiger partial charge in [-0.3, -0.25) is 14.5 Å². The van der Waals surface area contributed by atoms with E-state index < -0.39 is 18.1 Å². The molecule has 2 fully saturated rings. The third-order valence-electron chi connectivity index (χ3n) is 4.74. The Balaban J connectivity index is 1.79. The number of carbonyl (C=O) groups is 3. The summed E-state index contributed by atoms with van der Waals surface area (Å²) >= 11 is 6.49. The van der Waals surface area contributed by atoms with Crippen molar-refractivity contribution in [2.24, 2.45) is 0 Å². The van der Waals surface area contributed by atoms with E-state index in [1.54, 1.807) is 13.0 Å². The number of carboxylic acids is 1. The quantitative estimate of drug-likeness (QED) is 0.614. The van der Waals surface area contributed by atoms with Crippen LogP contribution in [0.2, 0.25) is 0 Å². The highest BCUT2D eigenvalue weighted by molar-refractivity contribution is 8.26. The summed E-state index contributed by atoms with van der Waals surface area (Å²) in [6.45, 7) is 1.99. The molecule has 0 aliphatic carbocycles. The monoisotopic (exact) mass is 404 g/mol. The zero-order chi connectivity index (χ0) is 19.6. The van der Waals surface area contributed by atoms with Crippen molar-refractivity contribution in [3.8, 4) is 0 Å². The zero-order valence-corrected chi connectivity index (χ0v) is 16.5. The number of benzene rings is 1. The molecule has 27 heavy (non-hydrogen) atoms. The van der Waals surface area contributed by atoms with Gasteiger partial charge in [-0.05, 0) is 37.8 Å². The first-order valence-corrected chi connectivity index (χ1v) is 9.98. The molecule has 8 heteroatoms. The number of aliphatic carboxylic acids is 1. The maximum atomic E-state index is 12.9. The fourth-order valence-electron chi connectivity index (χ4n) is 3.32. The summed E-state index contributed by atoms with van der Waals surface area (Å²) in [5.41, 5.74) is 0.874. The van der Waals surface area contributed by atoms with Crippen molar-refractivity contribution in [2.75, 3.05) is 6.54 Å². The molecule has 3 rings (SSSR count). The molecule has 0 spiro atoms. The number of nitrogens with zero attached hydrogens (tertiary/aromatic N) is 2. The molecular weight excluding hydrogens is 384 g/mol. The van der Waals surface area contributed by atoms with Gasteiger partial charge in [-0.2, -0.15) is 0 Å². The summed E-state index contributed by atoms with van der Waals surface area (Å²) in [4.78, 5) is 40.4. The minimum atomic E-state index is -1.01. The number of thioether (sulfide) groups is 1. The maximum Gasteiger partial charge on any atom is 0.326 e. The van der Waals surface area contributed by atoms with E-state index in [4.69, 9.17) is 12.2 Å². The third kappa shape index (κ3) is 4.06. The normalized spacial score (nSPS) is 23.0. The Morgan fingerprint density at radius 2 is 2.00 bits per heavy atom. The van der Waals surface area contributed by atoms with Crippen LogP contribution in [0.25, 0.3) is 6.08 Å². The number of carbonyl (C=O) groups excluding carboxylic acids is 2. The minimum Gasteiger partial charge on any atom is -0.480 e. The van der Waals surface area contributed by atoms with Crippen LogP contribution < -0.4 is 0 Å². The Bertz CT molecular complexity index is 809. The number of carboxylic acid groups (broad SMARTS) is 1. The van der Waals surface area contributed by atoms with Crippen LogP contribution in [0.5, 0.6) is 0 Å². The molecule has 2 heterocycles. The summed E-state index contributed by atoms with van der Waals surface area (Å²) in [7, 11) is 0. The smallest absolute Gasteiger partial charge is 0.326 e. The molecule has 2 amide bonds. The molecule has 6 nitrogen and oxygen atoms in total. The summed E-state index contributed by atoms with van der Waals surface area (Å²) in [6, 6.07) is 7.73. The van der Waals surface area contributed by atoms with Crippen LogP contribution in [-0.2, 0) is 14.4 Å². The Morgan fingerprint density at radius 3 is 2.67 bits per heavy atom. The molecule has 0 unspecified atom stereocenters. The van der Waals surface area contributed by atoms with E-state index in [0.29, 0.717) is 22.2 Å². The number of amides is 2. The van der Waals surface area contributed by atoms with Gasteiger partial charge in [0.05, 0.1) is 4.91 Å². The van der Waals surface area contributed by atoms with Crippen LogP contribution in [0, 0.1) is 0 Å². The molecule has 1 aromatic carbocycles. The Labute approximate surface area is 167 Å². The van der Waals surface area contributed by atoms with Crippen LogP contribution in [0.4, 0.5) is 0 Å². The maximum absolute atomic E-state index is 12.9. The number of likely N-dealkylation sites (tertiary alicyclic amines) is 1. The van der Waals surface area contributed by atoms with E-state index in [-0.39, 0.29) is 11.8 Å². The van der Waals surface area contributed by atoms with Gasteiger partial charge in [0, 0.05) is 6.54 Å². The Hall–Kier alpha value is -2.19. The lowest BCUT2D eigenvalue weighted by Crippen LogP contribution is -2.55. The van der Waals surface area contributed by atoms with Gasteiger partial charge in [0.2, 0.25) is 5.91 Å². The van der Waals surface area contributed by atoms with E-state index in [1.165, 1.54) is 9.80 Å². The topological polar surface area (TPSA) is 77.9 Å². The number of hydrogen-bond donors (Lipinski definition) is 1. The first kappa shape index (κ1) is 19.6. The van der Waals surface area contributed by atoms with Crippen molar-refractivity contribution >= 4 is 52.2 Å².